The summed E-state index contributed by atoms with van der Waals surface area (Å²) in [5.41, 5.74) is 3.37. The summed E-state index contributed by atoms with van der Waals surface area (Å²) in [7, 11) is 0. The van der Waals surface area contributed by atoms with Crippen LogP contribution in [-0.2, 0) is 6.42 Å². The first kappa shape index (κ1) is 18.8. The first-order valence-electron chi connectivity index (χ1n) is 10.2. The molecule has 0 saturated heterocycles. The van der Waals surface area contributed by atoms with E-state index in [0.717, 1.165) is 62.1 Å². The van der Waals surface area contributed by atoms with E-state index in [2.05, 4.69) is 40.3 Å². The maximum Gasteiger partial charge on any atom is 0.143 e. The number of H-pyrrole nitrogens is 1. The number of anilines is 1. The second-order valence-electron chi connectivity index (χ2n) is 7.47. The zero-order valence-corrected chi connectivity index (χ0v) is 16.4. The van der Waals surface area contributed by atoms with Crippen molar-refractivity contribution in [1.82, 2.24) is 10.3 Å². The number of halogens is 1. The smallest absolute Gasteiger partial charge is 0.143 e. The van der Waals surface area contributed by atoms with E-state index in [-0.39, 0.29) is 11.9 Å². The lowest BCUT2D eigenvalue weighted by atomic mass is 10.1. The van der Waals surface area contributed by atoms with E-state index < -0.39 is 0 Å². The lowest BCUT2D eigenvalue weighted by molar-refractivity contribution is 0.190. The van der Waals surface area contributed by atoms with Crippen molar-refractivity contribution in [3.05, 3.63) is 60.0 Å². The normalized spacial score (nSPS) is 16.2. The van der Waals surface area contributed by atoms with E-state index in [9.17, 15) is 4.39 Å². The molecule has 5 heteroatoms. The number of para-hydroxylation sites is 2. The molecule has 0 saturated carbocycles. The second-order valence-corrected chi connectivity index (χ2v) is 7.47. The summed E-state index contributed by atoms with van der Waals surface area (Å²) in [6, 6.07) is 13.2. The molecule has 0 radical (unpaired) electrons. The van der Waals surface area contributed by atoms with Crippen LogP contribution >= 0.6 is 0 Å². The van der Waals surface area contributed by atoms with Gasteiger partial charge in [-0.05, 0) is 61.7 Å². The SMILES string of the molecule is CCCN1CC(CNCCCc2c[nH]c3ccc(F)cc23)Oc2ccccc21. The number of nitrogens with one attached hydrogen (secondary N) is 2. The molecule has 2 N–H and O–H groups in total. The molecule has 0 aliphatic carbocycles. The number of benzene rings is 2. The number of fused-ring (bicyclic) bond motifs is 2. The zero-order valence-electron chi connectivity index (χ0n) is 16.4. The number of aromatic nitrogens is 1. The van der Waals surface area contributed by atoms with Crippen molar-refractivity contribution in [3.63, 3.8) is 0 Å². The predicted octanol–water partition coefficient (Wildman–Crippen LogP) is 4.51. The molecular weight excluding hydrogens is 353 g/mol. The molecule has 3 aromatic rings. The van der Waals surface area contributed by atoms with Crippen LogP contribution in [0.5, 0.6) is 5.75 Å². The van der Waals surface area contributed by atoms with Crippen molar-refractivity contribution in [2.24, 2.45) is 0 Å². The summed E-state index contributed by atoms with van der Waals surface area (Å²) < 4.78 is 19.7. The number of hydrogen-bond acceptors (Lipinski definition) is 3. The van der Waals surface area contributed by atoms with Crippen LogP contribution in [0.1, 0.15) is 25.3 Å². The fourth-order valence-electron chi connectivity index (χ4n) is 3.99. The zero-order chi connectivity index (χ0) is 19.3. The van der Waals surface area contributed by atoms with Gasteiger partial charge >= 0.3 is 0 Å². The van der Waals surface area contributed by atoms with Crippen molar-refractivity contribution in [2.45, 2.75) is 32.3 Å². The third-order valence-electron chi connectivity index (χ3n) is 5.32. The fourth-order valence-corrected chi connectivity index (χ4v) is 3.99. The van der Waals surface area contributed by atoms with Crippen LogP contribution in [0, 0.1) is 5.82 Å². The second kappa shape index (κ2) is 8.65. The van der Waals surface area contributed by atoms with E-state index >= 15 is 0 Å². The molecular formula is C23H28FN3O. The summed E-state index contributed by atoms with van der Waals surface area (Å²) in [5, 5.41) is 4.52. The highest BCUT2D eigenvalue weighted by molar-refractivity contribution is 5.83. The molecule has 148 valence electrons. The van der Waals surface area contributed by atoms with E-state index in [1.54, 1.807) is 12.1 Å². The molecule has 1 aliphatic heterocycles. The number of aryl methyl sites for hydroxylation is 1. The molecule has 0 amide bonds. The maximum atomic E-state index is 13.5. The van der Waals surface area contributed by atoms with Crippen LogP contribution in [0.25, 0.3) is 10.9 Å². The highest BCUT2D eigenvalue weighted by atomic mass is 19.1. The number of hydrogen-bond donors (Lipinski definition) is 2. The molecule has 0 spiro atoms. The van der Waals surface area contributed by atoms with Gasteiger partial charge in [0.1, 0.15) is 17.7 Å². The average Bonchev–Trinajstić information content (AvgIpc) is 3.10. The summed E-state index contributed by atoms with van der Waals surface area (Å²) in [4.78, 5) is 5.64. The largest absolute Gasteiger partial charge is 0.485 e. The lowest BCUT2D eigenvalue weighted by Gasteiger charge is -2.36. The van der Waals surface area contributed by atoms with Crippen LogP contribution in [0.15, 0.2) is 48.7 Å². The molecule has 0 fully saturated rings. The van der Waals surface area contributed by atoms with Gasteiger partial charge in [0.25, 0.3) is 0 Å². The Morgan fingerprint density at radius 2 is 2.14 bits per heavy atom. The van der Waals surface area contributed by atoms with Gasteiger partial charge in [-0.15, -0.1) is 0 Å². The van der Waals surface area contributed by atoms with Gasteiger partial charge in [-0.3, -0.25) is 0 Å². The van der Waals surface area contributed by atoms with Crippen LogP contribution in [-0.4, -0.2) is 37.3 Å². The minimum Gasteiger partial charge on any atom is -0.485 e. The molecule has 1 aromatic heterocycles. The Morgan fingerprint density at radius 3 is 3.04 bits per heavy atom. The Morgan fingerprint density at radius 1 is 1.25 bits per heavy atom. The molecule has 28 heavy (non-hydrogen) atoms. The van der Waals surface area contributed by atoms with Crippen molar-refractivity contribution < 1.29 is 9.13 Å². The molecule has 1 atom stereocenters. The molecule has 4 nitrogen and oxygen atoms in total. The summed E-state index contributed by atoms with van der Waals surface area (Å²) in [6.45, 7) is 5.92. The predicted molar refractivity (Wildman–Crippen MR) is 113 cm³/mol. The van der Waals surface area contributed by atoms with Crippen molar-refractivity contribution in [3.8, 4) is 5.75 Å². The van der Waals surface area contributed by atoms with E-state index in [1.807, 2.05) is 12.3 Å². The van der Waals surface area contributed by atoms with Crippen molar-refractivity contribution >= 4 is 16.6 Å². The Hall–Kier alpha value is -2.53. The summed E-state index contributed by atoms with van der Waals surface area (Å²) >= 11 is 0. The van der Waals surface area contributed by atoms with Gasteiger partial charge in [0.05, 0.1) is 12.2 Å². The van der Waals surface area contributed by atoms with Gasteiger partial charge in [0, 0.05) is 30.2 Å². The topological polar surface area (TPSA) is 40.3 Å². The van der Waals surface area contributed by atoms with Crippen LogP contribution in [0.3, 0.4) is 0 Å². The minimum absolute atomic E-state index is 0.156. The molecule has 4 rings (SSSR count). The van der Waals surface area contributed by atoms with E-state index in [0.29, 0.717) is 0 Å². The molecule has 2 heterocycles. The van der Waals surface area contributed by atoms with Gasteiger partial charge in [-0.25, -0.2) is 4.39 Å². The summed E-state index contributed by atoms with van der Waals surface area (Å²) in [6.07, 6.45) is 5.20. The lowest BCUT2D eigenvalue weighted by Crippen LogP contribution is -2.45. The third-order valence-corrected chi connectivity index (χ3v) is 5.32. The van der Waals surface area contributed by atoms with Gasteiger partial charge in [0.15, 0.2) is 0 Å². The third kappa shape index (κ3) is 4.14. The van der Waals surface area contributed by atoms with E-state index in [4.69, 9.17) is 4.74 Å². The first-order valence-corrected chi connectivity index (χ1v) is 10.2. The number of rotatable bonds is 8. The van der Waals surface area contributed by atoms with Gasteiger partial charge in [-0.1, -0.05) is 19.1 Å². The Kier molecular flexibility index (Phi) is 5.81. The highest BCUT2D eigenvalue weighted by Gasteiger charge is 2.24. The van der Waals surface area contributed by atoms with Crippen molar-refractivity contribution in [2.75, 3.05) is 31.1 Å². The van der Waals surface area contributed by atoms with Crippen molar-refractivity contribution in [1.29, 1.82) is 0 Å². The molecule has 1 aliphatic rings. The minimum atomic E-state index is -0.183. The van der Waals surface area contributed by atoms with Crippen LogP contribution in [0.2, 0.25) is 0 Å². The quantitative estimate of drug-likeness (QED) is 0.564. The Balaban J connectivity index is 1.27. The van der Waals surface area contributed by atoms with Crippen LogP contribution in [0.4, 0.5) is 10.1 Å². The molecule has 0 bridgehead atoms. The number of ether oxygens (including phenoxy) is 1. The number of nitrogens with zero attached hydrogens (tertiary/aromatic N) is 1. The molecule has 2 aromatic carbocycles. The van der Waals surface area contributed by atoms with Gasteiger partial charge in [-0.2, -0.15) is 0 Å². The maximum absolute atomic E-state index is 13.5. The van der Waals surface area contributed by atoms with Gasteiger partial charge in [0.2, 0.25) is 0 Å². The average molecular weight is 381 g/mol. The highest BCUT2D eigenvalue weighted by Crippen LogP contribution is 2.32. The summed E-state index contributed by atoms with van der Waals surface area (Å²) in [5.74, 6) is 0.799. The van der Waals surface area contributed by atoms with Crippen LogP contribution < -0.4 is 15.0 Å². The first-order chi connectivity index (χ1) is 13.7. The monoisotopic (exact) mass is 381 g/mol. The molecule has 1 unspecified atom stereocenters. The fraction of sp³-hybridized carbons (Fsp3) is 0.391. The number of aromatic amines is 1. The standard InChI is InChI=1S/C23H28FN3O/c1-2-12-27-16-19(28-23-8-4-3-7-22(23)27)15-25-11-5-6-17-14-26-21-10-9-18(24)13-20(17)21/h3-4,7-10,13-14,19,25-26H,2,5-6,11-12,15-16H2,1H3. The Bertz CT molecular complexity index is 923. The van der Waals surface area contributed by atoms with Gasteiger partial charge < -0.3 is 19.9 Å². The Labute approximate surface area is 165 Å². The van der Waals surface area contributed by atoms with E-state index in [1.165, 1.54) is 17.3 Å².